The van der Waals surface area contributed by atoms with E-state index in [1.165, 1.54) is 6.20 Å². The molecular weight excluding hydrogens is 439 g/mol. The van der Waals surface area contributed by atoms with E-state index < -0.39 is 17.1 Å². The van der Waals surface area contributed by atoms with Crippen LogP contribution in [0.25, 0.3) is 0 Å². The number of benzene rings is 4. The van der Waals surface area contributed by atoms with E-state index in [4.69, 9.17) is 0 Å². The Labute approximate surface area is 203 Å². The van der Waals surface area contributed by atoms with Crippen molar-refractivity contribution in [1.82, 2.24) is 9.97 Å². The molecule has 35 heavy (non-hydrogen) atoms. The first-order valence-electron chi connectivity index (χ1n) is 11.2. The van der Waals surface area contributed by atoms with Crippen LogP contribution in [0, 0.1) is 5.95 Å². The lowest BCUT2D eigenvalue weighted by Crippen LogP contribution is -2.34. The van der Waals surface area contributed by atoms with Crippen molar-refractivity contribution in [3.63, 3.8) is 0 Å². The van der Waals surface area contributed by atoms with Gasteiger partial charge in [0.25, 0.3) is 0 Å². The second-order valence-electron chi connectivity index (χ2n) is 8.28. The molecule has 5 heteroatoms. The van der Waals surface area contributed by atoms with Crippen molar-refractivity contribution in [2.75, 3.05) is 0 Å². The minimum atomic E-state index is -1.88. The SMILES string of the molecule is OC(c1ccccc1)(c1ccccc1)c1cnc(C(O)(c2ccccc2)c2ccccc2)c(F)n1. The highest BCUT2D eigenvalue weighted by Crippen LogP contribution is 2.39. The van der Waals surface area contributed by atoms with Crippen LogP contribution >= 0.6 is 0 Å². The summed E-state index contributed by atoms with van der Waals surface area (Å²) in [5, 5.41) is 23.9. The van der Waals surface area contributed by atoms with Crippen LogP contribution in [0.15, 0.2) is 128 Å². The average molecular weight is 463 g/mol. The molecule has 0 unspecified atom stereocenters. The Bertz CT molecular complexity index is 1330. The predicted molar refractivity (Wildman–Crippen MR) is 132 cm³/mol. The number of aromatic nitrogens is 2. The van der Waals surface area contributed by atoms with Crippen molar-refractivity contribution in [3.8, 4) is 0 Å². The Hall–Kier alpha value is -4.19. The van der Waals surface area contributed by atoms with E-state index in [1.54, 1.807) is 97.1 Å². The summed E-state index contributed by atoms with van der Waals surface area (Å²) in [7, 11) is 0. The lowest BCUT2D eigenvalue weighted by Gasteiger charge is -2.31. The van der Waals surface area contributed by atoms with Crippen molar-refractivity contribution in [2.24, 2.45) is 0 Å². The minimum absolute atomic E-state index is 0.0135. The predicted octanol–water partition coefficient (Wildman–Crippen LogP) is 5.18. The molecule has 0 atom stereocenters. The Morgan fingerprint density at radius 3 is 1.20 bits per heavy atom. The molecule has 5 aromatic rings. The molecule has 1 aromatic heterocycles. The van der Waals surface area contributed by atoms with Gasteiger partial charge in [-0.25, -0.2) is 4.98 Å². The average Bonchev–Trinajstić information content (AvgIpc) is 2.94. The molecule has 0 spiro atoms. The van der Waals surface area contributed by atoms with Crippen LogP contribution in [0.5, 0.6) is 0 Å². The third-order valence-corrected chi connectivity index (χ3v) is 6.21. The fraction of sp³-hybridized carbons (Fsp3) is 0.0667. The maximum atomic E-state index is 15.8. The smallest absolute Gasteiger partial charge is 0.238 e. The molecule has 5 rings (SSSR count). The molecule has 4 nitrogen and oxygen atoms in total. The second-order valence-corrected chi connectivity index (χ2v) is 8.28. The van der Waals surface area contributed by atoms with Gasteiger partial charge in [-0.3, -0.25) is 4.98 Å². The number of rotatable bonds is 6. The molecule has 172 valence electrons. The first-order valence-corrected chi connectivity index (χ1v) is 11.2. The Morgan fingerprint density at radius 1 is 0.514 bits per heavy atom. The molecule has 0 aliphatic heterocycles. The maximum Gasteiger partial charge on any atom is 0.238 e. The van der Waals surface area contributed by atoms with Gasteiger partial charge < -0.3 is 10.2 Å². The van der Waals surface area contributed by atoms with E-state index in [0.717, 1.165) is 0 Å². The highest BCUT2D eigenvalue weighted by molar-refractivity contribution is 5.47. The highest BCUT2D eigenvalue weighted by atomic mass is 19.1. The third-order valence-electron chi connectivity index (χ3n) is 6.21. The molecule has 0 amide bonds. The van der Waals surface area contributed by atoms with Crippen molar-refractivity contribution >= 4 is 0 Å². The molecule has 0 bridgehead atoms. The molecule has 0 radical (unpaired) electrons. The summed E-state index contributed by atoms with van der Waals surface area (Å²) in [6, 6.07) is 35.5. The number of hydrogen-bond acceptors (Lipinski definition) is 4. The second kappa shape index (κ2) is 9.22. The van der Waals surface area contributed by atoms with E-state index in [0.29, 0.717) is 22.3 Å². The third kappa shape index (κ3) is 3.91. The first kappa shape index (κ1) is 22.6. The topological polar surface area (TPSA) is 66.2 Å². The van der Waals surface area contributed by atoms with Gasteiger partial charge in [0.15, 0.2) is 11.2 Å². The van der Waals surface area contributed by atoms with E-state index in [-0.39, 0.29) is 11.4 Å². The standard InChI is InChI=1S/C30H23FN2O2/c31-28-27(30(35,24-17-9-3-10-18-24)25-19-11-4-12-20-25)32-21-26(33-28)29(34,22-13-5-1-6-14-22)23-15-7-2-8-16-23/h1-21,34-35H. The molecule has 0 fully saturated rings. The van der Waals surface area contributed by atoms with Gasteiger partial charge in [-0.1, -0.05) is 121 Å². The summed E-state index contributed by atoms with van der Waals surface area (Å²) in [5.41, 5.74) is -1.91. The number of hydrogen-bond donors (Lipinski definition) is 2. The van der Waals surface area contributed by atoms with Crippen molar-refractivity contribution in [1.29, 1.82) is 0 Å². The maximum absolute atomic E-state index is 15.8. The van der Waals surface area contributed by atoms with Gasteiger partial charge in [0.05, 0.1) is 6.20 Å². The summed E-state index contributed by atoms with van der Waals surface area (Å²) in [5.74, 6) is -0.969. The first-order chi connectivity index (χ1) is 17.0. The molecular formula is C30H23FN2O2. The lowest BCUT2D eigenvalue weighted by molar-refractivity contribution is 0.107. The zero-order chi connectivity index (χ0) is 24.3. The highest BCUT2D eigenvalue weighted by Gasteiger charge is 2.41. The molecule has 0 aliphatic carbocycles. The van der Waals surface area contributed by atoms with Crippen LogP contribution in [-0.4, -0.2) is 20.2 Å². The number of nitrogens with zero attached hydrogens (tertiary/aromatic N) is 2. The monoisotopic (exact) mass is 462 g/mol. The van der Waals surface area contributed by atoms with Crippen LogP contribution in [0.1, 0.15) is 33.6 Å². The van der Waals surface area contributed by atoms with Gasteiger partial charge in [0.1, 0.15) is 11.4 Å². The van der Waals surface area contributed by atoms with Crippen LogP contribution in [0.2, 0.25) is 0 Å². The van der Waals surface area contributed by atoms with Crippen LogP contribution in [0.4, 0.5) is 4.39 Å². The van der Waals surface area contributed by atoms with E-state index >= 15 is 4.39 Å². The molecule has 0 saturated carbocycles. The van der Waals surface area contributed by atoms with Crippen molar-refractivity contribution in [3.05, 3.63) is 167 Å². The van der Waals surface area contributed by atoms with E-state index in [1.807, 2.05) is 24.3 Å². The summed E-state index contributed by atoms with van der Waals surface area (Å²) >= 11 is 0. The van der Waals surface area contributed by atoms with Gasteiger partial charge >= 0.3 is 0 Å². The fourth-order valence-corrected chi connectivity index (χ4v) is 4.40. The van der Waals surface area contributed by atoms with Crippen molar-refractivity contribution in [2.45, 2.75) is 11.2 Å². The van der Waals surface area contributed by atoms with E-state index in [9.17, 15) is 10.2 Å². The normalized spacial score (nSPS) is 11.9. The van der Waals surface area contributed by atoms with Gasteiger partial charge in [-0.2, -0.15) is 4.39 Å². The Morgan fingerprint density at radius 2 is 0.857 bits per heavy atom. The largest absolute Gasteiger partial charge is 0.374 e. The summed E-state index contributed by atoms with van der Waals surface area (Å²) < 4.78 is 15.8. The molecule has 4 aromatic carbocycles. The zero-order valence-electron chi connectivity index (χ0n) is 18.8. The van der Waals surface area contributed by atoms with Gasteiger partial charge in [-0.15, -0.1) is 0 Å². The Balaban J connectivity index is 1.71. The minimum Gasteiger partial charge on any atom is -0.374 e. The number of aliphatic hydroxyl groups is 2. The van der Waals surface area contributed by atoms with Crippen LogP contribution in [-0.2, 0) is 11.2 Å². The molecule has 2 N–H and O–H groups in total. The molecule has 1 heterocycles. The van der Waals surface area contributed by atoms with E-state index in [2.05, 4.69) is 9.97 Å². The lowest BCUT2D eigenvalue weighted by atomic mass is 9.82. The fourth-order valence-electron chi connectivity index (χ4n) is 4.40. The molecule has 0 saturated heterocycles. The number of halogens is 1. The van der Waals surface area contributed by atoms with Crippen LogP contribution < -0.4 is 0 Å². The van der Waals surface area contributed by atoms with Gasteiger partial charge in [-0.05, 0) is 22.3 Å². The molecule has 0 aliphatic rings. The Kier molecular flexibility index (Phi) is 5.95. The van der Waals surface area contributed by atoms with Gasteiger partial charge in [0, 0.05) is 0 Å². The zero-order valence-corrected chi connectivity index (χ0v) is 18.8. The van der Waals surface area contributed by atoms with Gasteiger partial charge in [0.2, 0.25) is 5.95 Å². The summed E-state index contributed by atoms with van der Waals surface area (Å²) in [6.07, 6.45) is 1.33. The van der Waals surface area contributed by atoms with Crippen LogP contribution in [0.3, 0.4) is 0 Å². The summed E-state index contributed by atoms with van der Waals surface area (Å²) in [6.45, 7) is 0. The van der Waals surface area contributed by atoms with Crippen molar-refractivity contribution < 1.29 is 14.6 Å². The quantitative estimate of drug-likeness (QED) is 0.365. The summed E-state index contributed by atoms with van der Waals surface area (Å²) in [4.78, 5) is 8.55.